The second kappa shape index (κ2) is 9.37. The summed E-state index contributed by atoms with van der Waals surface area (Å²) in [6.45, 7) is 2.76. The van der Waals surface area contributed by atoms with Gasteiger partial charge in [0.05, 0.1) is 20.3 Å². The highest BCUT2D eigenvalue weighted by molar-refractivity contribution is 5.91. The molecule has 2 aromatic rings. The largest absolute Gasteiger partial charge is 0.493 e. The van der Waals surface area contributed by atoms with Crippen molar-refractivity contribution in [3.63, 3.8) is 0 Å². The van der Waals surface area contributed by atoms with E-state index in [4.69, 9.17) is 14.3 Å². The molecule has 5 nitrogen and oxygen atoms in total. The molecule has 1 amide bonds. The van der Waals surface area contributed by atoms with Crippen LogP contribution in [0.3, 0.4) is 0 Å². The Kier molecular flexibility index (Phi) is 6.86. The molecule has 0 saturated heterocycles. The predicted molar refractivity (Wildman–Crippen MR) is 92.6 cm³/mol. The minimum absolute atomic E-state index is 0.317. The lowest BCUT2D eigenvalue weighted by Gasteiger charge is -2.09. The summed E-state index contributed by atoms with van der Waals surface area (Å²) in [7, 11) is 1.59. The molecule has 0 fully saturated rings. The standard InChI is InChI=1S/C19H21NO4/c1-3-23-18-13-15(9-11-17(18)22-2)10-12-19(21)20-24-14-16-7-5-4-6-8-16/h4-13H,3,14H2,1-2H3,(H,20,21)/b12-10+. The smallest absolute Gasteiger partial charge is 0.267 e. The molecule has 0 heterocycles. The molecule has 2 rings (SSSR count). The predicted octanol–water partition coefficient (Wildman–Crippen LogP) is 3.36. The molecule has 0 aliphatic rings. The number of carbonyl (C=O) groups is 1. The van der Waals surface area contributed by atoms with Gasteiger partial charge in [-0.15, -0.1) is 0 Å². The van der Waals surface area contributed by atoms with Crippen LogP contribution in [-0.4, -0.2) is 19.6 Å². The topological polar surface area (TPSA) is 56.8 Å². The number of methoxy groups -OCH3 is 1. The van der Waals surface area contributed by atoms with E-state index in [2.05, 4.69) is 5.48 Å². The number of nitrogens with one attached hydrogen (secondary N) is 1. The summed E-state index contributed by atoms with van der Waals surface area (Å²) in [5.74, 6) is 0.965. The number of benzene rings is 2. The number of carbonyl (C=O) groups excluding carboxylic acids is 1. The average Bonchev–Trinajstić information content (AvgIpc) is 2.61. The van der Waals surface area contributed by atoms with E-state index < -0.39 is 0 Å². The molecule has 2 aromatic carbocycles. The van der Waals surface area contributed by atoms with Crippen molar-refractivity contribution in [2.45, 2.75) is 13.5 Å². The van der Waals surface area contributed by atoms with Crippen LogP contribution in [0.25, 0.3) is 6.08 Å². The minimum Gasteiger partial charge on any atom is -0.493 e. The van der Waals surface area contributed by atoms with Gasteiger partial charge in [-0.1, -0.05) is 36.4 Å². The third-order valence-corrected chi connectivity index (χ3v) is 3.17. The van der Waals surface area contributed by atoms with Gasteiger partial charge in [0.15, 0.2) is 11.5 Å². The molecular formula is C19H21NO4. The Morgan fingerprint density at radius 3 is 2.62 bits per heavy atom. The third-order valence-electron chi connectivity index (χ3n) is 3.17. The first-order chi connectivity index (χ1) is 11.7. The van der Waals surface area contributed by atoms with Crippen LogP contribution in [0.1, 0.15) is 18.1 Å². The van der Waals surface area contributed by atoms with Crippen LogP contribution in [0.5, 0.6) is 11.5 Å². The molecule has 0 aliphatic heterocycles. The molecule has 5 heteroatoms. The zero-order valence-electron chi connectivity index (χ0n) is 13.8. The second-order valence-corrected chi connectivity index (χ2v) is 4.92. The van der Waals surface area contributed by atoms with Crippen molar-refractivity contribution in [3.8, 4) is 11.5 Å². The molecule has 0 aromatic heterocycles. The van der Waals surface area contributed by atoms with Crippen molar-refractivity contribution in [2.75, 3.05) is 13.7 Å². The number of rotatable bonds is 8. The maximum Gasteiger partial charge on any atom is 0.267 e. The number of hydroxylamine groups is 1. The summed E-state index contributed by atoms with van der Waals surface area (Å²) in [6, 6.07) is 15.1. The van der Waals surface area contributed by atoms with E-state index in [9.17, 15) is 4.79 Å². The van der Waals surface area contributed by atoms with Gasteiger partial charge in [-0.3, -0.25) is 9.63 Å². The molecule has 0 unspecified atom stereocenters. The first-order valence-electron chi connectivity index (χ1n) is 7.67. The Bertz CT molecular complexity index is 683. The van der Waals surface area contributed by atoms with Crippen molar-refractivity contribution >= 4 is 12.0 Å². The number of amides is 1. The molecule has 0 spiro atoms. The van der Waals surface area contributed by atoms with Crippen LogP contribution < -0.4 is 15.0 Å². The van der Waals surface area contributed by atoms with E-state index in [0.717, 1.165) is 11.1 Å². The van der Waals surface area contributed by atoms with E-state index in [-0.39, 0.29) is 5.91 Å². The summed E-state index contributed by atoms with van der Waals surface area (Å²) >= 11 is 0. The maximum atomic E-state index is 11.8. The summed E-state index contributed by atoms with van der Waals surface area (Å²) < 4.78 is 10.7. The van der Waals surface area contributed by atoms with Gasteiger partial charge in [-0.25, -0.2) is 5.48 Å². The SMILES string of the molecule is CCOc1cc(/C=C/C(=O)NOCc2ccccc2)ccc1OC. The van der Waals surface area contributed by atoms with E-state index in [0.29, 0.717) is 24.7 Å². The molecular weight excluding hydrogens is 306 g/mol. The molecule has 0 aliphatic carbocycles. The normalized spacial score (nSPS) is 10.6. The van der Waals surface area contributed by atoms with E-state index in [1.165, 1.54) is 6.08 Å². The highest BCUT2D eigenvalue weighted by Gasteiger charge is 2.04. The van der Waals surface area contributed by atoms with Gasteiger partial charge < -0.3 is 9.47 Å². The van der Waals surface area contributed by atoms with Crippen molar-refractivity contribution in [3.05, 3.63) is 65.7 Å². The summed E-state index contributed by atoms with van der Waals surface area (Å²) in [4.78, 5) is 16.9. The van der Waals surface area contributed by atoms with Gasteiger partial charge in [0.2, 0.25) is 0 Å². The average molecular weight is 327 g/mol. The highest BCUT2D eigenvalue weighted by Crippen LogP contribution is 2.28. The maximum absolute atomic E-state index is 11.8. The monoisotopic (exact) mass is 327 g/mol. The molecule has 1 N–H and O–H groups in total. The zero-order chi connectivity index (χ0) is 17.2. The fraction of sp³-hybridized carbons (Fsp3) is 0.211. The fourth-order valence-electron chi connectivity index (χ4n) is 2.04. The van der Waals surface area contributed by atoms with E-state index in [1.807, 2.05) is 49.4 Å². The van der Waals surface area contributed by atoms with Crippen LogP contribution in [0.2, 0.25) is 0 Å². The van der Waals surface area contributed by atoms with E-state index >= 15 is 0 Å². The highest BCUT2D eigenvalue weighted by atomic mass is 16.6. The van der Waals surface area contributed by atoms with Crippen LogP contribution >= 0.6 is 0 Å². The van der Waals surface area contributed by atoms with Crippen molar-refractivity contribution in [1.29, 1.82) is 0 Å². The molecule has 0 radical (unpaired) electrons. The van der Waals surface area contributed by atoms with Crippen LogP contribution in [-0.2, 0) is 16.2 Å². The van der Waals surface area contributed by atoms with Crippen LogP contribution in [0.15, 0.2) is 54.6 Å². The van der Waals surface area contributed by atoms with Gasteiger partial charge >= 0.3 is 0 Å². The second-order valence-electron chi connectivity index (χ2n) is 4.92. The number of ether oxygens (including phenoxy) is 2. The Hall–Kier alpha value is -2.79. The lowest BCUT2D eigenvalue weighted by Crippen LogP contribution is -2.21. The Labute approximate surface area is 141 Å². The zero-order valence-corrected chi connectivity index (χ0v) is 13.8. The first kappa shape index (κ1) is 17.6. The van der Waals surface area contributed by atoms with Gasteiger partial charge in [-0.05, 0) is 36.3 Å². The molecule has 126 valence electrons. The van der Waals surface area contributed by atoms with Crippen molar-refractivity contribution in [1.82, 2.24) is 5.48 Å². The molecule has 0 bridgehead atoms. The third kappa shape index (κ3) is 5.44. The van der Waals surface area contributed by atoms with E-state index in [1.54, 1.807) is 19.3 Å². The Balaban J connectivity index is 1.87. The van der Waals surface area contributed by atoms with Gasteiger partial charge in [0.1, 0.15) is 0 Å². The summed E-state index contributed by atoms with van der Waals surface area (Å²) in [6.07, 6.45) is 3.09. The minimum atomic E-state index is -0.334. The summed E-state index contributed by atoms with van der Waals surface area (Å²) in [5.41, 5.74) is 4.20. The lowest BCUT2D eigenvalue weighted by molar-refractivity contribution is -0.129. The number of hydrogen-bond donors (Lipinski definition) is 1. The Morgan fingerprint density at radius 2 is 1.92 bits per heavy atom. The van der Waals surface area contributed by atoms with Crippen LogP contribution in [0.4, 0.5) is 0 Å². The summed E-state index contributed by atoms with van der Waals surface area (Å²) in [5, 5.41) is 0. The number of hydrogen-bond acceptors (Lipinski definition) is 4. The first-order valence-corrected chi connectivity index (χ1v) is 7.67. The lowest BCUT2D eigenvalue weighted by atomic mass is 10.2. The van der Waals surface area contributed by atoms with Crippen molar-refractivity contribution < 1.29 is 19.1 Å². The Morgan fingerprint density at radius 1 is 1.12 bits per heavy atom. The molecule has 24 heavy (non-hydrogen) atoms. The van der Waals surface area contributed by atoms with Crippen molar-refractivity contribution in [2.24, 2.45) is 0 Å². The van der Waals surface area contributed by atoms with Gasteiger partial charge in [-0.2, -0.15) is 0 Å². The molecule has 0 atom stereocenters. The fourth-order valence-corrected chi connectivity index (χ4v) is 2.04. The van der Waals surface area contributed by atoms with Gasteiger partial charge in [0, 0.05) is 6.08 Å². The van der Waals surface area contributed by atoms with Crippen LogP contribution in [0, 0.1) is 0 Å². The quantitative estimate of drug-likeness (QED) is 0.597. The molecule has 0 saturated carbocycles. The van der Waals surface area contributed by atoms with Gasteiger partial charge in [0.25, 0.3) is 5.91 Å².